The normalized spacial score (nSPS) is 14.4. The van der Waals surface area contributed by atoms with Crippen LogP contribution < -0.4 is 9.47 Å². The van der Waals surface area contributed by atoms with Crippen LogP contribution in [0.5, 0.6) is 23.0 Å². The molecule has 2 aliphatic heterocycles. The van der Waals surface area contributed by atoms with Crippen molar-refractivity contribution in [3.05, 3.63) is 225 Å². The lowest BCUT2D eigenvalue weighted by Gasteiger charge is -2.43. The number of hydrogen-bond acceptors (Lipinski definition) is 6. The first kappa shape index (κ1) is 43.1. The van der Waals surface area contributed by atoms with Crippen molar-refractivity contribution in [3.63, 3.8) is 0 Å². The van der Waals surface area contributed by atoms with Crippen LogP contribution in [0.25, 0.3) is 0 Å². The first-order valence-corrected chi connectivity index (χ1v) is 23.6. The molecule has 0 aliphatic carbocycles. The molecule has 0 spiro atoms. The Balaban J connectivity index is 1.21. The Labute approximate surface area is 398 Å². The molecular weight excluding hydrogens is 841 g/mol. The van der Waals surface area contributed by atoms with Crippen molar-refractivity contribution in [2.45, 2.75) is 105 Å². The summed E-state index contributed by atoms with van der Waals surface area (Å²) in [6.45, 7) is 23.2. The highest BCUT2D eigenvalue weighted by molar-refractivity contribution is 5.71. The van der Waals surface area contributed by atoms with E-state index in [9.17, 15) is 0 Å². The topological polar surface area (TPSA) is 89.7 Å². The summed E-state index contributed by atoms with van der Waals surface area (Å²) in [5.41, 5.74) is 15.9. The van der Waals surface area contributed by atoms with E-state index in [0.29, 0.717) is 26.2 Å². The van der Waals surface area contributed by atoms with Gasteiger partial charge in [-0.05, 0) is 63.6 Å². The summed E-state index contributed by atoms with van der Waals surface area (Å²) >= 11 is 0. The quantitative estimate of drug-likeness (QED) is 0.136. The van der Waals surface area contributed by atoms with E-state index >= 15 is 0 Å². The molecule has 2 aliphatic rings. The third-order valence-corrected chi connectivity index (χ3v) is 14.4. The zero-order valence-corrected chi connectivity index (χ0v) is 40.5. The summed E-state index contributed by atoms with van der Waals surface area (Å²) in [5.74, 6) is 3.58. The first-order chi connectivity index (χ1) is 32.6. The van der Waals surface area contributed by atoms with Crippen molar-refractivity contribution < 1.29 is 9.47 Å². The molecule has 5 aromatic carbocycles. The van der Waals surface area contributed by atoms with Crippen molar-refractivity contribution in [1.29, 1.82) is 0 Å². The monoisotopic (exact) mass is 898 g/mol. The number of benzene rings is 5. The van der Waals surface area contributed by atoms with Gasteiger partial charge in [-0.25, -0.2) is 19.9 Å². The van der Waals surface area contributed by atoms with Crippen molar-refractivity contribution in [3.8, 4) is 23.0 Å². The largest absolute Gasteiger partial charge is 0.456 e. The van der Waals surface area contributed by atoms with Gasteiger partial charge in [0.25, 0.3) is 0 Å². The molecule has 68 heavy (non-hydrogen) atoms. The third kappa shape index (κ3) is 7.34. The molecule has 0 bridgehead atoms. The van der Waals surface area contributed by atoms with E-state index in [-0.39, 0.29) is 5.41 Å². The summed E-state index contributed by atoms with van der Waals surface area (Å²) < 4.78 is 23.2. The van der Waals surface area contributed by atoms with E-state index in [1.165, 1.54) is 38.9 Å². The lowest BCUT2D eigenvalue weighted by Crippen LogP contribution is -2.34. The fourth-order valence-corrected chi connectivity index (χ4v) is 10.9. The van der Waals surface area contributed by atoms with Gasteiger partial charge in [0.15, 0.2) is 0 Å². The standard InChI is InChI=1S/C58H58N8O2/c1-37-18-41(29-63-14-10-59-33-63)52-48(22-37)57(8,49-23-38(2)19-42(53(49)67-52)30-64-15-11-60-34-64)46-26-45(56(5,6)7)27-47(28-46)58(9)50-24-39(3)20-43(31-65-16-12-61-35-65)54(50)68-55-44(21-40(4)25-51(55)58)32-66-17-13-62-36-66/h10-28,33-36H,29-32H2,1-9H3. The average molecular weight is 899 g/mol. The Morgan fingerprint density at radius 2 is 0.691 bits per heavy atom. The number of fused-ring (bicyclic) bond motifs is 4. The van der Waals surface area contributed by atoms with E-state index in [1.54, 1.807) is 0 Å². The van der Waals surface area contributed by atoms with Crippen LogP contribution in [0, 0.1) is 27.7 Å². The van der Waals surface area contributed by atoms with Crippen molar-refractivity contribution in [2.75, 3.05) is 0 Å². The molecule has 10 nitrogen and oxygen atoms in total. The van der Waals surface area contributed by atoms with Gasteiger partial charge in [0.05, 0.1) is 51.5 Å². The lowest BCUT2D eigenvalue weighted by atomic mass is 9.63. The molecule has 0 atom stereocenters. The summed E-state index contributed by atoms with van der Waals surface area (Å²) in [6, 6.07) is 26.0. The Morgan fingerprint density at radius 1 is 0.412 bits per heavy atom. The zero-order chi connectivity index (χ0) is 47.1. The van der Waals surface area contributed by atoms with Gasteiger partial charge < -0.3 is 27.7 Å². The second-order valence-corrected chi connectivity index (χ2v) is 20.6. The molecule has 11 rings (SSSR count). The zero-order valence-electron chi connectivity index (χ0n) is 40.5. The van der Waals surface area contributed by atoms with E-state index in [0.717, 1.165) is 67.5 Å². The molecule has 9 aromatic rings. The van der Waals surface area contributed by atoms with Gasteiger partial charge in [-0.1, -0.05) is 110 Å². The van der Waals surface area contributed by atoms with Gasteiger partial charge in [-0.2, -0.15) is 0 Å². The number of imidazole rings is 4. The highest BCUT2D eigenvalue weighted by atomic mass is 16.5. The average Bonchev–Trinajstić information content (AvgIpc) is 4.16. The smallest absolute Gasteiger partial charge is 0.136 e. The predicted molar refractivity (Wildman–Crippen MR) is 266 cm³/mol. The van der Waals surface area contributed by atoms with E-state index in [1.807, 2.05) is 74.9 Å². The van der Waals surface area contributed by atoms with Gasteiger partial charge in [0.2, 0.25) is 0 Å². The van der Waals surface area contributed by atoms with Crippen LogP contribution in [-0.2, 0) is 42.4 Å². The van der Waals surface area contributed by atoms with Crippen LogP contribution in [0.15, 0.2) is 142 Å². The Bertz CT molecular complexity index is 2940. The van der Waals surface area contributed by atoms with Crippen LogP contribution in [0.2, 0.25) is 0 Å². The maximum atomic E-state index is 7.36. The maximum absolute atomic E-state index is 7.36. The minimum absolute atomic E-state index is 0.206. The van der Waals surface area contributed by atoms with Gasteiger partial charge in [0, 0.05) is 105 Å². The molecule has 0 radical (unpaired) electrons. The Hall–Kier alpha value is -7.46. The van der Waals surface area contributed by atoms with Crippen LogP contribution in [0.1, 0.15) is 118 Å². The lowest BCUT2D eigenvalue weighted by molar-refractivity contribution is 0.410. The van der Waals surface area contributed by atoms with Crippen molar-refractivity contribution >= 4 is 0 Å². The SMILES string of the molecule is Cc1cc(Cn2ccnc2)c2c(c1)C(C)(c1cc(C(C)(C)C)cc(C3(C)c4cc(C)cc(Cn5ccnc5)c4Oc4c(Cn5ccnc5)cc(C)cc43)c1)c1cc(C)cc(Cn3ccnc3)c1O2. The van der Waals surface area contributed by atoms with E-state index in [2.05, 4.69) is 167 Å². The fourth-order valence-electron chi connectivity index (χ4n) is 10.9. The molecule has 342 valence electrons. The first-order valence-electron chi connectivity index (χ1n) is 23.6. The van der Waals surface area contributed by atoms with Crippen molar-refractivity contribution in [1.82, 2.24) is 38.2 Å². The number of ether oxygens (including phenoxy) is 2. The molecule has 0 unspecified atom stereocenters. The summed E-state index contributed by atoms with van der Waals surface area (Å²) in [6.07, 6.45) is 23.0. The van der Waals surface area contributed by atoms with Gasteiger partial charge in [-0.3, -0.25) is 0 Å². The van der Waals surface area contributed by atoms with E-state index in [4.69, 9.17) is 9.47 Å². The number of rotatable bonds is 10. The number of aryl methyl sites for hydroxylation is 4. The fraction of sp³-hybridized carbons (Fsp3) is 0.276. The second-order valence-electron chi connectivity index (χ2n) is 20.6. The van der Waals surface area contributed by atoms with Gasteiger partial charge in [-0.15, -0.1) is 0 Å². The molecule has 0 fully saturated rings. The Morgan fingerprint density at radius 3 is 0.926 bits per heavy atom. The molecule has 4 aromatic heterocycles. The van der Waals surface area contributed by atoms with Crippen molar-refractivity contribution in [2.24, 2.45) is 0 Å². The number of hydrogen-bond donors (Lipinski definition) is 0. The molecular formula is C58H58N8O2. The highest BCUT2D eigenvalue weighted by Gasteiger charge is 2.46. The summed E-state index contributed by atoms with van der Waals surface area (Å²) in [5, 5.41) is 0. The van der Waals surface area contributed by atoms with E-state index < -0.39 is 10.8 Å². The highest BCUT2D eigenvalue weighted by Crippen LogP contribution is 2.58. The third-order valence-electron chi connectivity index (χ3n) is 14.4. The van der Waals surface area contributed by atoms with Crippen LogP contribution in [0.3, 0.4) is 0 Å². The molecule has 0 N–H and O–H groups in total. The van der Waals surface area contributed by atoms with Gasteiger partial charge >= 0.3 is 0 Å². The van der Waals surface area contributed by atoms with Crippen LogP contribution >= 0.6 is 0 Å². The molecule has 0 amide bonds. The van der Waals surface area contributed by atoms with Crippen LogP contribution in [-0.4, -0.2) is 38.2 Å². The molecule has 0 saturated carbocycles. The number of aromatic nitrogens is 8. The van der Waals surface area contributed by atoms with Crippen LogP contribution in [0.4, 0.5) is 0 Å². The minimum Gasteiger partial charge on any atom is -0.456 e. The summed E-state index contributed by atoms with van der Waals surface area (Å²) in [7, 11) is 0. The minimum atomic E-state index is -0.657. The molecule has 6 heterocycles. The molecule has 10 heteroatoms. The molecule has 0 saturated heterocycles. The summed E-state index contributed by atoms with van der Waals surface area (Å²) in [4.78, 5) is 17.6. The maximum Gasteiger partial charge on any atom is 0.136 e. The van der Waals surface area contributed by atoms with Gasteiger partial charge in [0.1, 0.15) is 23.0 Å². The second kappa shape index (κ2) is 16.1. The number of nitrogens with zero attached hydrogens (tertiary/aromatic N) is 8. The Kier molecular flexibility index (Phi) is 10.2. The predicted octanol–water partition coefficient (Wildman–Crippen LogP) is 12.1.